The average Bonchev–Trinajstić information content (AvgIpc) is 2.31. The Hall–Kier alpha value is -1.22. The van der Waals surface area contributed by atoms with Crippen molar-refractivity contribution in [3.05, 3.63) is 23.8 Å². The minimum absolute atomic E-state index is 0.978. The van der Waals surface area contributed by atoms with Gasteiger partial charge in [0.15, 0.2) is 0 Å². The van der Waals surface area contributed by atoms with Crippen molar-refractivity contribution in [3.63, 3.8) is 0 Å². The van der Waals surface area contributed by atoms with Crippen molar-refractivity contribution in [1.29, 1.82) is 0 Å². The van der Waals surface area contributed by atoms with Crippen LogP contribution in [0.4, 0.5) is 5.69 Å². The molecule has 2 rings (SSSR count). The molecule has 1 saturated heterocycles. The standard InChI is InChI=1S/C12H18N2O/c1-10-3-4-11(9-12(10)15-2)14-7-5-13-6-8-14/h3-4,9,13H,5-8H2,1-2H3. The van der Waals surface area contributed by atoms with Crippen LogP contribution in [0.5, 0.6) is 5.75 Å². The summed E-state index contributed by atoms with van der Waals surface area (Å²) in [5.74, 6) is 0.978. The fourth-order valence-electron chi connectivity index (χ4n) is 1.93. The number of ether oxygens (including phenoxy) is 1. The van der Waals surface area contributed by atoms with Gasteiger partial charge >= 0.3 is 0 Å². The van der Waals surface area contributed by atoms with Crippen molar-refractivity contribution in [3.8, 4) is 5.75 Å². The summed E-state index contributed by atoms with van der Waals surface area (Å²) in [7, 11) is 1.73. The van der Waals surface area contributed by atoms with Crippen molar-refractivity contribution in [2.45, 2.75) is 6.92 Å². The van der Waals surface area contributed by atoms with Crippen LogP contribution in [0, 0.1) is 6.92 Å². The molecule has 82 valence electrons. The second-order valence-electron chi connectivity index (χ2n) is 3.89. The number of nitrogens with one attached hydrogen (secondary N) is 1. The van der Waals surface area contributed by atoms with Crippen LogP contribution in [0.15, 0.2) is 18.2 Å². The highest BCUT2D eigenvalue weighted by molar-refractivity contribution is 5.53. The van der Waals surface area contributed by atoms with Crippen molar-refractivity contribution >= 4 is 5.69 Å². The van der Waals surface area contributed by atoms with E-state index in [4.69, 9.17) is 4.74 Å². The number of hydrogen-bond acceptors (Lipinski definition) is 3. The molecule has 1 aliphatic heterocycles. The molecule has 0 aliphatic carbocycles. The normalized spacial score (nSPS) is 16.5. The minimum atomic E-state index is 0.978. The molecule has 0 aromatic heterocycles. The number of anilines is 1. The molecule has 0 bridgehead atoms. The van der Waals surface area contributed by atoms with Crippen LogP contribution in [0.1, 0.15) is 5.56 Å². The molecule has 1 aromatic rings. The number of nitrogens with zero attached hydrogens (tertiary/aromatic N) is 1. The fourth-order valence-corrected chi connectivity index (χ4v) is 1.93. The highest BCUT2D eigenvalue weighted by Crippen LogP contribution is 2.25. The van der Waals surface area contributed by atoms with Crippen molar-refractivity contribution in [1.82, 2.24) is 5.32 Å². The Balaban J connectivity index is 2.20. The first-order chi connectivity index (χ1) is 7.31. The maximum atomic E-state index is 5.33. The number of benzene rings is 1. The number of piperazine rings is 1. The molecule has 0 saturated carbocycles. The largest absolute Gasteiger partial charge is 0.496 e. The van der Waals surface area contributed by atoms with Gasteiger partial charge in [0.05, 0.1) is 7.11 Å². The minimum Gasteiger partial charge on any atom is -0.496 e. The lowest BCUT2D eigenvalue weighted by atomic mass is 10.2. The molecule has 3 nitrogen and oxygen atoms in total. The first kappa shape index (κ1) is 10.3. The van der Waals surface area contributed by atoms with Crippen molar-refractivity contribution in [2.24, 2.45) is 0 Å². The van der Waals surface area contributed by atoms with E-state index in [9.17, 15) is 0 Å². The van der Waals surface area contributed by atoms with Gasteiger partial charge in [-0.25, -0.2) is 0 Å². The van der Waals surface area contributed by atoms with Gasteiger partial charge in [-0.3, -0.25) is 0 Å². The Morgan fingerprint density at radius 3 is 2.67 bits per heavy atom. The molecule has 1 aromatic carbocycles. The molecule has 0 amide bonds. The lowest BCUT2D eigenvalue weighted by Crippen LogP contribution is -2.43. The zero-order chi connectivity index (χ0) is 10.7. The maximum Gasteiger partial charge on any atom is 0.123 e. The van der Waals surface area contributed by atoms with Gasteiger partial charge in [-0.2, -0.15) is 0 Å². The summed E-state index contributed by atoms with van der Waals surface area (Å²) in [6.45, 7) is 6.35. The van der Waals surface area contributed by atoms with Crippen LogP contribution in [0.25, 0.3) is 0 Å². The smallest absolute Gasteiger partial charge is 0.123 e. The second-order valence-corrected chi connectivity index (χ2v) is 3.89. The maximum absolute atomic E-state index is 5.33. The molecule has 0 radical (unpaired) electrons. The number of rotatable bonds is 2. The average molecular weight is 206 g/mol. The van der Waals surface area contributed by atoms with Crippen molar-refractivity contribution in [2.75, 3.05) is 38.2 Å². The Morgan fingerprint density at radius 1 is 1.27 bits per heavy atom. The predicted molar refractivity (Wildman–Crippen MR) is 62.8 cm³/mol. The number of methoxy groups -OCH3 is 1. The Bertz CT molecular complexity index is 332. The van der Waals surface area contributed by atoms with E-state index in [0.29, 0.717) is 0 Å². The van der Waals surface area contributed by atoms with E-state index in [1.165, 1.54) is 11.3 Å². The third-order valence-electron chi connectivity index (χ3n) is 2.87. The molecular formula is C12H18N2O. The summed E-state index contributed by atoms with van der Waals surface area (Å²) in [5.41, 5.74) is 2.45. The molecule has 1 heterocycles. The van der Waals surface area contributed by atoms with Gasteiger partial charge in [0.1, 0.15) is 5.75 Å². The first-order valence-electron chi connectivity index (χ1n) is 5.41. The van der Waals surface area contributed by atoms with Gasteiger partial charge in [0, 0.05) is 37.9 Å². The summed E-state index contributed by atoms with van der Waals surface area (Å²) < 4.78 is 5.33. The molecular weight excluding hydrogens is 188 g/mol. The fraction of sp³-hybridized carbons (Fsp3) is 0.500. The zero-order valence-electron chi connectivity index (χ0n) is 9.42. The molecule has 3 heteroatoms. The summed E-state index contributed by atoms with van der Waals surface area (Å²) in [6.07, 6.45) is 0. The molecule has 0 spiro atoms. The molecule has 1 fully saturated rings. The van der Waals surface area contributed by atoms with Crippen LogP contribution >= 0.6 is 0 Å². The highest BCUT2D eigenvalue weighted by Gasteiger charge is 2.11. The SMILES string of the molecule is COc1cc(N2CCNCC2)ccc1C. The van der Waals surface area contributed by atoms with Gasteiger partial charge in [0.2, 0.25) is 0 Å². The molecule has 1 aliphatic rings. The van der Waals surface area contributed by atoms with Crippen LogP contribution in [0.2, 0.25) is 0 Å². The third kappa shape index (κ3) is 2.23. The summed E-state index contributed by atoms with van der Waals surface area (Å²) in [6, 6.07) is 6.42. The number of aryl methyl sites for hydroxylation is 1. The van der Waals surface area contributed by atoms with Crippen LogP contribution < -0.4 is 15.0 Å². The predicted octanol–water partition coefficient (Wildman–Crippen LogP) is 1.41. The molecule has 1 N–H and O–H groups in total. The van der Waals surface area contributed by atoms with Gasteiger partial charge in [-0.05, 0) is 18.6 Å². The van der Waals surface area contributed by atoms with Crippen molar-refractivity contribution < 1.29 is 4.74 Å². The van der Waals surface area contributed by atoms with E-state index in [-0.39, 0.29) is 0 Å². The van der Waals surface area contributed by atoms with Gasteiger partial charge in [-0.15, -0.1) is 0 Å². The van der Waals surface area contributed by atoms with Gasteiger partial charge in [0.25, 0.3) is 0 Å². The topological polar surface area (TPSA) is 24.5 Å². The van der Waals surface area contributed by atoms with E-state index in [2.05, 4.69) is 35.3 Å². The Morgan fingerprint density at radius 2 is 2.00 bits per heavy atom. The van der Waals surface area contributed by atoms with Crippen LogP contribution in [0.3, 0.4) is 0 Å². The van der Waals surface area contributed by atoms with E-state index < -0.39 is 0 Å². The van der Waals surface area contributed by atoms with E-state index in [1.807, 2.05) is 0 Å². The van der Waals surface area contributed by atoms with Crippen LogP contribution in [-0.4, -0.2) is 33.3 Å². The Kier molecular flexibility index (Phi) is 3.11. The monoisotopic (exact) mass is 206 g/mol. The second kappa shape index (κ2) is 4.53. The van der Waals surface area contributed by atoms with Gasteiger partial charge in [-0.1, -0.05) is 6.07 Å². The molecule has 0 unspecified atom stereocenters. The summed E-state index contributed by atoms with van der Waals surface area (Å²) in [5, 5.41) is 3.35. The summed E-state index contributed by atoms with van der Waals surface area (Å²) >= 11 is 0. The first-order valence-corrected chi connectivity index (χ1v) is 5.41. The molecule has 0 atom stereocenters. The lowest BCUT2D eigenvalue weighted by molar-refractivity contribution is 0.411. The zero-order valence-corrected chi connectivity index (χ0v) is 9.42. The van der Waals surface area contributed by atoms with E-state index >= 15 is 0 Å². The summed E-state index contributed by atoms with van der Waals surface area (Å²) in [4.78, 5) is 2.39. The van der Waals surface area contributed by atoms with Gasteiger partial charge < -0.3 is 15.0 Å². The van der Waals surface area contributed by atoms with E-state index in [0.717, 1.165) is 31.9 Å². The third-order valence-corrected chi connectivity index (χ3v) is 2.87. The van der Waals surface area contributed by atoms with E-state index in [1.54, 1.807) is 7.11 Å². The highest BCUT2D eigenvalue weighted by atomic mass is 16.5. The van der Waals surface area contributed by atoms with Crippen LogP contribution in [-0.2, 0) is 0 Å². The molecule has 15 heavy (non-hydrogen) atoms. The lowest BCUT2D eigenvalue weighted by Gasteiger charge is -2.29. The quantitative estimate of drug-likeness (QED) is 0.792. The number of hydrogen-bond donors (Lipinski definition) is 1. The Labute approximate surface area is 91.0 Å².